The van der Waals surface area contributed by atoms with Gasteiger partial charge in [-0.1, -0.05) is 32.9 Å². The van der Waals surface area contributed by atoms with Gasteiger partial charge in [0, 0.05) is 6.04 Å². The molecule has 2 N–H and O–H groups in total. The van der Waals surface area contributed by atoms with Gasteiger partial charge in [0.25, 0.3) is 0 Å². The number of aliphatic hydroxyl groups is 1. The summed E-state index contributed by atoms with van der Waals surface area (Å²) < 4.78 is 5.62. The molecule has 20 heavy (non-hydrogen) atoms. The Hall–Kier alpha value is -1.06. The average molecular weight is 279 g/mol. The molecule has 1 aromatic rings. The maximum atomic E-state index is 10.5. The summed E-state index contributed by atoms with van der Waals surface area (Å²) >= 11 is 0. The lowest BCUT2D eigenvalue weighted by Crippen LogP contribution is -2.39. The molecule has 0 bridgehead atoms. The Morgan fingerprint density at radius 3 is 2.15 bits per heavy atom. The molecule has 0 saturated heterocycles. The normalized spacial score (nSPS) is 14.6. The zero-order chi connectivity index (χ0) is 15.1. The molecule has 3 nitrogen and oxygen atoms in total. The number of hydrogen-bond donors (Lipinski definition) is 2. The Morgan fingerprint density at radius 2 is 1.70 bits per heavy atom. The second kappa shape index (κ2) is 8.28. The highest BCUT2D eigenvalue weighted by atomic mass is 16.5. The fourth-order valence-electron chi connectivity index (χ4n) is 2.25. The number of benzene rings is 1. The van der Waals surface area contributed by atoms with Crippen molar-refractivity contribution >= 4 is 0 Å². The van der Waals surface area contributed by atoms with Crippen molar-refractivity contribution in [3.63, 3.8) is 0 Å². The molecule has 0 amide bonds. The highest BCUT2D eigenvalue weighted by molar-refractivity contribution is 5.29. The average Bonchev–Trinajstić information content (AvgIpc) is 2.38. The van der Waals surface area contributed by atoms with Crippen LogP contribution >= 0.6 is 0 Å². The highest BCUT2D eigenvalue weighted by Crippen LogP contribution is 2.24. The Kier molecular flexibility index (Phi) is 7.03. The maximum absolute atomic E-state index is 10.5. The second-order valence-electron chi connectivity index (χ2n) is 5.90. The molecule has 0 fully saturated rings. The molecule has 0 spiro atoms. The molecular weight excluding hydrogens is 250 g/mol. The van der Waals surface area contributed by atoms with E-state index in [9.17, 15) is 5.11 Å². The van der Waals surface area contributed by atoms with Crippen LogP contribution < -0.4 is 10.1 Å². The molecule has 1 aromatic carbocycles. The van der Waals surface area contributed by atoms with E-state index in [0.29, 0.717) is 5.92 Å². The molecule has 2 atom stereocenters. The summed E-state index contributed by atoms with van der Waals surface area (Å²) in [5.41, 5.74) is 0.934. The van der Waals surface area contributed by atoms with Crippen LogP contribution in [0.15, 0.2) is 24.3 Å². The molecule has 0 heterocycles. The molecule has 0 aliphatic rings. The smallest absolute Gasteiger partial charge is 0.119 e. The Labute approximate surface area is 123 Å². The molecule has 0 aromatic heterocycles. The lowest BCUT2D eigenvalue weighted by molar-refractivity contribution is 0.105. The van der Waals surface area contributed by atoms with Gasteiger partial charge in [0.1, 0.15) is 5.75 Å². The van der Waals surface area contributed by atoms with E-state index in [2.05, 4.69) is 26.1 Å². The van der Waals surface area contributed by atoms with Gasteiger partial charge in [0.2, 0.25) is 0 Å². The number of nitrogens with one attached hydrogen (secondary N) is 1. The summed E-state index contributed by atoms with van der Waals surface area (Å²) in [4.78, 5) is 0. The number of rotatable bonds is 8. The van der Waals surface area contributed by atoms with E-state index in [1.807, 2.05) is 38.1 Å². The summed E-state index contributed by atoms with van der Waals surface area (Å²) in [5, 5.41) is 14.0. The maximum Gasteiger partial charge on any atom is 0.119 e. The van der Waals surface area contributed by atoms with Crippen molar-refractivity contribution in [2.45, 2.75) is 59.3 Å². The first-order valence-corrected chi connectivity index (χ1v) is 7.63. The topological polar surface area (TPSA) is 41.5 Å². The van der Waals surface area contributed by atoms with Crippen LogP contribution in [-0.2, 0) is 0 Å². The number of hydrogen-bond acceptors (Lipinski definition) is 3. The van der Waals surface area contributed by atoms with E-state index in [1.165, 1.54) is 0 Å². The van der Waals surface area contributed by atoms with Crippen LogP contribution in [-0.4, -0.2) is 23.8 Å². The fourth-order valence-corrected chi connectivity index (χ4v) is 2.25. The summed E-state index contributed by atoms with van der Waals surface area (Å²) in [7, 11) is 0. The zero-order valence-electron chi connectivity index (χ0n) is 13.4. The predicted molar refractivity (Wildman–Crippen MR) is 84.1 cm³/mol. The van der Waals surface area contributed by atoms with Crippen LogP contribution in [0.25, 0.3) is 0 Å². The number of aliphatic hydroxyl groups excluding tert-OH is 1. The molecule has 0 aliphatic heterocycles. The molecule has 114 valence electrons. The van der Waals surface area contributed by atoms with Gasteiger partial charge in [-0.05, 0) is 50.4 Å². The summed E-state index contributed by atoms with van der Waals surface area (Å²) in [5.74, 6) is 1.22. The second-order valence-corrected chi connectivity index (χ2v) is 5.90. The van der Waals surface area contributed by atoms with Gasteiger partial charge in [0.05, 0.1) is 12.2 Å². The first-order valence-electron chi connectivity index (χ1n) is 7.63. The van der Waals surface area contributed by atoms with Gasteiger partial charge < -0.3 is 15.2 Å². The van der Waals surface area contributed by atoms with Crippen molar-refractivity contribution in [3.05, 3.63) is 29.8 Å². The molecule has 0 aliphatic carbocycles. The Bertz CT molecular complexity index is 373. The van der Waals surface area contributed by atoms with Gasteiger partial charge in [-0.3, -0.25) is 0 Å². The molecule has 3 heteroatoms. The van der Waals surface area contributed by atoms with E-state index in [1.54, 1.807) is 0 Å². The molecular formula is C17H29NO2. The van der Waals surface area contributed by atoms with E-state index in [-0.39, 0.29) is 12.1 Å². The number of ether oxygens (including phenoxy) is 1. The lowest BCUT2D eigenvalue weighted by Gasteiger charge is -2.28. The van der Waals surface area contributed by atoms with Crippen molar-refractivity contribution in [2.75, 3.05) is 6.54 Å². The van der Waals surface area contributed by atoms with Crippen LogP contribution in [0.1, 0.15) is 52.7 Å². The summed E-state index contributed by atoms with van der Waals surface area (Å²) in [6.07, 6.45) is 0.743. The van der Waals surface area contributed by atoms with Gasteiger partial charge in [-0.15, -0.1) is 0 Å². The fraction of sp³-hybridized carbons (Fsp3) is 0.647. The first-order chi connectivity index (χ1) is 9.45. The van der Waals surface area contributed by atoms with Crippen molar-refractivity contribution in [1.29, 1.82) is 0 Å². The summed E-state index contributed by atoms with van der Waals surface area (Å²) in [6, 6.07) is 7.83. The highest BCUT2D eigenvalue weighted by Gasteiger charge is 2.23. The Morgan fingerprint density at radius 1 is 1.10 bits per heavy atom. The SMILES string of the molecule is CCCNC(C(C)C)C(O)c1ccc(OC(C)C)cc1. The van der Waals surface area contributed by atoms with Crippen LogP contribution in [0, 0.1) is 5.92 Å². The van der Waals surface area contributed by atoms with Crippen molar-refractivity contribution < 1.29 is 9.84 Å². The van der Waals surface area contributed by atoms with Gasteiger partial charge in [-0.2, -0.15) is 0 Å². The third-order valence-corrected chi connectivity index (χ3v) is 3.28. The zero-order valence-corrected chi connectivity index (χ0v) is 13.4. The molecule has 0 radical (unpaired) electrons. The largest absolute Gasteiger partial charge is 0.491 e. The van der Waals surface area contributed by atoms with Crippen molar-refractivity contribution in [3.8, 4) is 5.75 Å². The van der Waals surface area contributed by atoms with E-state index < -0.39 is 6.10 Å². The van der Waals surface area contributed by atoms with Crippen molar-refractivity contribution in [1.82, 2.24) is 5.32 Å². The monoisotopic (exact) mass is 279 g/mol. The third-order valence-electron chi connectivity index (χ3n) is 3.28. The minimum Gasteiger partial charge on any atom is -0.491 e. The van der Waals surface area contributed by atoms with Gasteiger partial charge in [0.15, 0.2) is 0 Å². The van der Waals surface area contributed by atoms with Gasteiger partial charge in [-0.25, -0.2) is 0 Å². The molecule has 1 rings (SSSR count). The van der Waals surface area contributed by atoms with Crippen molar-refractivity contribution in [2.24, 2.45) is 5.92 Å². The minimum absolute atomic E-state index is 0.0758. The predicted octanol–water partition coefficient (Wildman–Crippen LogP) is 3.53. The van der Waals surface area contributed by atoms with Crippen LogP contribution in [0.5, 0.6) is 5.75 Å². The van der Waals surface area contributed by atoms with E-state index in [0.717, 1.165) is 24.3 Å². The van der Waals surface area contributed by atoms with Crippen LogP contribution in [0.3, 0.4) is 0 Å². The molecule has 0 saturated carbocycles. The molecule has 2 unspecified atom stereocenters. The minimum atomic E-state index is -0.491. The quantitative estimate of drug-likeness (QED) is 0.765. The standard InChI is InChI=1S/C17H29NO2/c1-6-11-18-16(12(2)3)17(19)14-7-9-15(10-8-14)20-13(4)5/h7-10,12-13,16-19H,6,11H2,1-5H3. The third kappa shape index (κ3) is 5.14. The lowest BCUT2D eigenvalue weighted by atomic mass is 9.93. The summed E-state index contributed by atoms with van der Waals surface area (Å²) in [6.45, 7) is 11.3. The van der Waals surface area contributed by atoms with E-state index in [4.69, 9.17) is 4.74 Å². The first kappa shape index (κ1) is 17.0. The Balaban J connectivity index is 2.75. The van der Waals surface area contributed by atoms with E-state index >= 15 is 0 Å². The van der Waals surface area contributed by atoms with Crippen LogP contribution in [0.2, 0.25) is 0 Å². The van der Waals surface area contributed by atoms with Crippen LogP contribution in [0.4, 0.5) is 0 Å². The van der Waals surface area contributed by atoms with Gasteiger partial charge >= 0.3 is 0 Å².